The maximum absolute atomic E-state index is 10.9. The summed E-state index contributed by atoms with van der Waals surface area (Å²) in [4.78, 5) is 14.3. The van der Waals surface area contributed by atoms with Crippen molar-refractivity contribution in [2.75, 3.05) is 11.9 Å². The van der Waals surface area contributed by atoms with Crippen molar-refractivity contribution in [3.8, 4) is 11.8 Å². The van der Waals surface area contributed by atoms with Gasteiger partial charge in [-0.1, -0.05) is 12.1 Å². The molecule has 21 heavy (non-hydrogen) atoms. The average molecular weight is 284 g/mol. The van der Waals surface area contributed by atoms with Gasteiger partial charge in [0.25, 0.3) is 0 Å². The van der Waals surface area contributed by atoms with Crippen molar-refractivity contribution in [1.82, 2.24) is 4.98 Å². The topological polar surface area (TPSA) is 112 Å². The van der Waals surface area contributed by atoms with E-state index < -0.39 is 4.92 Å². The number of rotatable bonds is 5. The van der Waals surface area contributed by atoms with Crippen LogP contribution >= 0.6 is 0 Å². The number of nitro groups is 1. The van der Waals surface area contributed by atoms with Crippen molar-refractivity contribution >= 4 is 11.5 Å². The van der Waals surface area contributed by atoms with Gasteiger partial charge in [-0.3, -0.25) is 10.1 Å². The molecule has 0 fully saturated rings. The molecule has 0 atom stereocenters. The van der Waals surface area contributed by atoms with Crippen LogP contribution in [-0.4, -0.2) is 21.6 Å². The van der Waals surface area contributed by atoms with Crippen molar-refractivity contribution in [2.24, 2.45) is 0 Å². The third-order valence-electron chi connectivity index (χ3n) is 2.84. The van der Waals surface area contributed by atoms with E-state index in [1.807, 2.05) is 6.07 Å². The predicted octanol–water partition coefficient (Wildman–Crippen LogP) is 2.22. The molecule has 0 aliphatic carbocycles. The minimum atomic E-state index is -0.573. The van der Waals surface area contributed by atoms with Crippen molar-refractivity contribution in [3.05, 3.63) is 57.8 Å². The predicted molar refractivity (Wildman–Crippen MR) is 75.9 cm³/mol. The highest BCUT2D eigenvalue weighted by Gasteiger charge is 2.15. The summed E-state index contributed by atoms with van der Waals surface area (Å²) in [5.74, 6) is 0.328. The Morgan fingerprint density at radius 2 is 2.10 bits per heavy atom. The number of pyridine rings is 1. The first-order valence-corrected chi connectivity index (χ1v) is 6.16. The van der Waals surface area contributed by atoms with E-state index in [-0.39, 0.29) is 22.8 Å². The quantitative estimate of drug-likeness (QED) is 0.643. The SMILES string of the molecule is N#Cc1cnc(NCCc2ccc(O)cc2)c([N+](=O)[O-])c1. The Morgan fingerprint density at radius 1 is 1.38 bits per heavy atom. The summed E-state index contributed by atoms with van der Waals surface area (Å²) < 4.78 is 0. The van der Waals surface area contributed by atoms with E-state index in [9.17, 15) is 15.2 Å². The molecule has 0 bridgehead atoms. The molecule has 0 saturated heterocycles. The van der Waals surface area contributed by atoms with Crippen LogP contribution in [0.4, 0.5) is 11.5 Å². The maximum Gasteiger partial charge on any atom is 0.312 e. The first-order valence-electron chi connectivity index (χ1n) is 6.16. The van der Waals surface area contributed by atoms with Crippen LogP contribution < -0.4 is 5.32 Å². The zero-order valence-electron chi connectivity index (χ0n) is 11.0. The Bertz CT molecular complexity index is 692. The van der Waals surface area contributed by atoms with Gasteiger partial charge in [-0.15, -0.1) is 0 Å². The number of nitrogens with zero attached hydrogens (tertiary/aromatic N) is 3. The zero-order chi connectivity index (χ0) is 15.2. The zero-order valence-corrected chi connectivity index (χ0v) is 11.0. The lowest BCUT2D eigenvalue weighted by Gasteiger charge is -2.06. The van der Waals surface area contributed by atoms with E-state index in [1.165, 1.54) is 12.3 Å². The fourth-order valence-electron chi connectivity index (χ4n) is 1.78. The summed E-state index contributed by atoms with van der Waals surface area (Å²) in [6.07, 6.45) is 1.91. The number of aromatic hydroxyl groups is 1. The lowest BCUT2D eigenvalue weighted by molar-refractivity contribution is -0.384. The lowest BCUT2D eigenvalue weighted by atomic mass is 10.1. The molecule has 1 aromatic heterocycles. The Hall–Kier alpha value is -3.14. The van der Waals surface area contributed by atoms with Gasteiger partial charge < -0.3 is 10.4 Å². The number of benzene rings is 1. The summed E-state index contributed by atoms with van der Waals surface area (Å²) in [5, 5.41) is 31.7. The number of phenols is 1. The summed E-state index contributed by atoms with van der Waals surface area (Å²) in [7, 11) is 0. The van der Waals surface area contributed by atoms with Crippen molar-refractivity contribution < 1.29 is 10.0 Å². The van der Waals surface area contributed by atoms with Gasteiger partial charge in [0.1, 0.15) is 11.8 Å². The van der Waals surface area contributed by atoms with Crippen LogP contribution in [0, 0.1) is 21.4 Å². The Kier molecular flexibility index (Phi) is 4.31. The number of anilines is 1. The van der Waals surface area contributed by atoms with Crippen LogP contribution in [0.25, 0.3) is 0 Å². The second-order valence-electron chi connectivity index (χ2n) is 4.30. The monoisotopic (exact) mass is 284 g/mol. The molecule has 0 unspecified atom stereocenters. The van der Waals surface area contributed by atoms with Gasteiger partial charge in [0.05, 0.1) is 10.5 Å². The molecule has 1 aromatic carbocycles. The van der Waals surface area contributed by atoms with Gasteiger partial charge in [-0.2, -0.15) is 5.26 Å². The summed E-state index contributed by atoms with van der Waals surface area (Å²) in [5.41, 5.74) is 0.905. The van der Waals surface area contributed by atoms with E-state index in [2.05, 4.69) is 10.3 Å². The highest BCUT2D eigenvalue weighted by Crippen LogP contribution is 2.22. The second kappa shape index (κ2) is 6.34. The third kappa shape index (κ3) is 3.67. The minimum absolute atomic E-state index is 0.137. The van der Waals surface area contributed by atoms with E-state index in [1.54, 1.807) is 24.3 Å². The molecule has 0 radical (unpaired) electrons. The fourth-order valence-corrected chi connectivity index (χ4v) is 1.78. The standard InChI is InChI=1S/C14H12N4O3/c15-8-11-7-13(18(20)21)14(17-9-11)16-6-5-10-1-3-12(19)4-2-10/h1-4,7,9,19H,5-6H2,(H,16,17). The molecule has 2 rings (SSSR count). The van der Waals surface area contributed by atoms with E-state index in [0.29, 0.717) is 13.0 Å². The summed E-state index contributed by atoms with van der Waals surface area (Å²) in [6, 6.07) is 9.72. The Morgan fingerprint density at radius 3 is 2.71 bits per heavy atom. The van der Waals surface area contributed by atoms with Gasteiger partial charge in [-0.05, 0) is 24.1 Å². The minimum Gasteiger partial charge on any atom is -0.508 e. The molecule has 106 valence electrons. The van der Waals surface area contributed by atoms with Crippen LogP contribution in [0.15, 0.2) is 36.5 Å². The van der Waals surface area contributed by atoms with Gasteiger partial charge >= 0.3 is 5.69 Å². The molecule has 0 aliphatic rings. The first kappa shape index (κ1) is 14.3. The summed E-state index contributed by atoms with van der Waals surface area (Å²) >= 11 is 0. The highest BCUT2D eigenvalue weighted by atomic mass is 16.6. The van der Waals surface area contributed by atoms with Gasteiger partial charge in [0.15, 0.2) is 0 Å². The molecule has 1 heterocycles. The summed E-state index contributed by atoms with van der Waals surface area (Å²) in [6.45, 7) is 0.449. The van der Waals surface area contributed by atoms with Crippen LogP contribution in [0.5, 0.6) is 5.75 Å². The molecule has 0 saturated carbocycles. The number of phenolic OH excluding ortho intramolecular Hbond substituents is 1. The number of nitriles is 1. The largest absolute Gasteiger partial charge is 0.508 e. The van der Waals surface area contributed by atoms with E-state index in [0.717, 1.165) is 5.56 Å². The molecule has 7 heteroatoms. The van der Waals surface area contributed by atoms with Crippen LogP contribution in [-0.2, 0) is 6.42 Å². The number of hydrogen-bond donors (Lipinski definition) is 2. The molecule has 0 aliphatic heterocycles. The first-order chi connectivity index (χ1) is 10.1. The molecule has 2 N–H and O–H groups in total. The molecule has 7 nitrogen and oxygen atoms in total. The Balaban J connectivity index is 2.04. The number of nitrogens with one attached hydrogen (secondary N) is 1. The van der Waals surface area contributed by atoms with Crippen molar-refractivity contribution in [1.29, 1.82) is 5.26 Å². The van der Waals surface area contributed by atoms with Gasteiger partial charge in [-0.25, -0.2) is 4.98 Å². The highest BCUT2D eigenvalue weighted by molar-refractivity contribution is 5.58. The molecule has 0 spiro atoms. The van der Waals surface area contributed by atoms with E-state index in [4.69, 9.17) is 5.26 Å². The van der Waals surface area contributed by atoms with Gasteiger partial charge in [0, 0.05) is 18.8 Å². The van der Waals surface area contributed by atoms with Crippen molar-refractivity contribution in [3.63, 3.8) is 0 Å². The van der Waals surface area contributed by atoms with Crippen LogP contribution in [0.2, 0.25) is 0 Å². The average Bonchev–Trinajstić information content (AvgIpc) is 2.49. The van der Waals surface area contributed by atoms with E-state index >= 15 is 0 Å². The fraction of sp³-hybridized carbons (Fsp3) is 0.143. The smallest absolute Gasteiger partial charge is 0.312 e. The maximum atomic E-state index is 10.9. The molecule has 0 amide bonds. The number of hydrogen-bond acceptors (Lipinski definition) is 6. The van der Waals surface area contributed by atoms with Crippen LogP contribution in [0.1, 0.15) is 11.1 Å². The molecular weight excluding hydrogens is 272 g/mol. The van der Waals surface area contributed by atoms with Crippen LogP contribution in [0.3, 0.4) is 0 Å². The number of aromatic nitrogens is 1. The van der Waals surface area contributed by atoms with Gasteiger partial charge in [0.2, 0.25) is 5.82 Å². The molecular formula is C14H12N4O3. The Labute approximate surface area is 120 Å². The lowest BCUT2D eigenvalue weighted by Crippen LogP contribution is -2.08. The second-order valence-corrected chi connectivity index (χ2v) is 4.30. The normalized spacial score (nSPS) is 9.86. The molecule has 2 aromatic rings. The van der Waals surface area contributed by atoms with Crippen molar-refractivity contribution in [2.45, 2.75) is 6.42 Å². The third-order valence-corrected chi connectivity index (χ3v) is 2.84.